The molecule has 0 radical (unpaired) electrons. The number of hydrogen-bond donors (Lipinski definition) is 0. The molecular formula is C24H29ClN2O. The van der Waals surface area contributed by atoms with Crippen LogP contribution in [0.15, 0.2) is 42.5 Å². The number of aryl methyl sites for hydroxylation is 1. The van der Waals surface area contributed by atoms with Crippen molar-refractivity contribution in [3.63, 3.8) is 0 Å². The van der Waals surface area contributed by atoms with E-state index in [0.717, 1.165) is 42.7 Å². The van der Waals surface area contributed by atoms with E-state index in [-0.39, 0.29) is 17.5 Å². The fourth-order valence-electron chi connectivity index (χ4n) is 5.09. The Bertz CT molecular complexity index is 876. The fourth-order valence-corrected chi connectivity index (χ4v) is 5.25. The van der Waals surface area contributed by atoms with E-state index in [1.54, 1.807) is 0 Å². The topological polar surface area (TPSA) is 23.6 Å². The van der Waals surface area contributed by atoms with E-state index < -0.39 is 0 Å². The first-order valence-corrected chi connectivity index (χ1v) is 10.7. The lowest BCUT2D eigenvalue weighted by Gasteiger charge is -2.60. The smallest absolute Gasteiger partial charge is 0.255 e. The van der Waals surface area contributed by atoms with Crippen molar-refractivity contribution in [2.75, 3.05) is 19.6 Å². The molecule has 0 bridgehead atoms. The monoisotopic (exact) mass is 396 g/mol. The summed E-state index contributed by atoms with van der Waals surface area (Å²) in [6.07, 6.45) is 3.32. The van der Waals surface area contributed by atoms with Crippen LogP contribution in [0.3, 0.4) is 0 Å². The molecule has 28 heavy (non-hydrogen) atoms. The minimum atomic E-state index is -0.00757. The van der Waals surface area contributed by atoms with Crippen molar-refractivity contribution in [3.8, 4) is 0 Å². The average Bonchev–Trinajstić information content (AvgIpc) is 3.23. The van der Waals surface area contributed by atoms with E-state index in [4.69, 9.17) is 11.6 Å². The van der Waals surface area contributed by atoms with Gasteiger partial charge in [0.05, 0.1) is 11.6 Å². The number of carbonyl (C=O) groups is 1. The summed E-state index contributed by atoms with van der Waals surface area (Å²) in [4.78, 5) is 18.4. The highest BCUT2D eigenvalue weighted by atomic mass is 35.5. The highest BCUT2D eigenvalue weighted by Gasteiger charge is 2.55. The van der Waals surface area contributed by atoms with Crippen LogP contribution in [0, 0.1) is 6.92 Å². The minimum absolute atomic E-state index is 0.00757. The van der Waals surface area contributed by atoms with Gasteiger partial charge in [0.15, 0.2) is 0 Å². The summed E-state index contributed by atoms with van der Waals surface area (Å²) in [6, 6.07) is 14.5. The Morgan fingerprint density at radius 1 is 1.14 bits per heavy atom. The maximum Gasteiger partial charge on any atom is 0.255 e. The molecule has 2 aliphatic rings. The molecule has 0 spiro atoms. The molecule has 148 valence electrons. The maximum absolute atomic E-state index is 13.7. The van der Waals surface area contributed by atoms with E-state index in [1.807, 2.05) is 25.1 Å². The van der Waals surface area contributed by atoms with Crippen LogP contribution < -0.4 is 0 Å². The van der Waals surface area contributed by atoms with Crippen molar-refractivity contribution in [1.29, 1.82) is 0 Å². The molecule has 3 nitrogen and oxygen atoms in total. The largest absolute Gasteiger partial charge is 0.328 e. The normalized spacial score (nSPS) is 25.0. The summed E-state index contributed by atoms with van der Waals surface area (Å²) >= 11 is 6.39. The zero-order chi connectivity index (χ0) is 19.9. The van der Waals surface area contributed by atoms with Crippen molar-refractivity contribution in [2.45, 2.75) is 51.6 Å². The van der Waals surface area contributed by atoms with Crippen LogP contribution in [0.4, 0.5) is 0 Å². The van der Waals surface area contributed by atoms with Gasteiger partial charge in [0.1, 0.15) is 0 Å². The number of amides is 1. The predicted octanol–water partition coefficient (Wildman–Crippen LogP) is 5.26. The van der Waals surface area contributed by atoms with Gasteiger partial charge in [-0.15, -0.1) is 0 Å². The summed E-state index contributed by atoms with van der Waals surface area (Å²) in [6.45, 7) is 9.40. The van der Waals surface area contributed by atoms with Gasteiger partial charge >= 0.3 is 0 Å². The second-order valence-electron chi connectivity index (χ2n) is 8.36. The number of hydrogen-bond acceptors (Lipinski definition) is 2. The highest BCUT2D eigenvalue weighted by molar-refractivity contribution is 6.32. The fraction of sp³-hybridized carbons (Fsp3) is 0.458. The van der Waals surface area contributed by atoms with Crippen molar-refractivity contribution in [1.82, 2.24) is 9.80 Å². The van der Waals surface area contributed by atoms with Gasteiger partial charge in [-0.1, -0.05) is 54.9 Å². The Morgan fingerprint density at radius 3 is 2.46 bits per heavy atom. The van der Waals surface area contributed by atoms with Gasteiger partial charge in [0.25, 0.3) is 5.91 Å². The lowest BCUT2D eigenvalue weighted by molar-refractivity contribution is -0.0741. The number of nitrogens with zero attached hydrogens (tertiary/aromatic N) is 2. The van der Waals surface area contributed by atoms with Gasteiger partial charge in [-0.2, -0.15) is 0 Å². The molecule has 0 aromatic heterocycles. The van der Waals surface area contributed by atoms with E-state index in [2.05, 4.69) is 47.9 Å². The van der Waals surface area contributed by atoms with Crippen molar-refractivity contribution >= 4 is 17.5 Å². The number of likely N-dealkylation sites (tertiary alicyclic amines) is 2. The summed E-state index contributed by atoms with van der Waals surface area (Å²) in [5.74, 6) is 0.113. The molecule has 2 unspecified atom stereocenters. The zero-order valence-electron chi connectivity index (χ0n) is 17.0. The number of carbonyl (C=O) groups excluding carboxylic acids is 1. The molecule has 0 saturated carbocycles. The van der Waals surface area contributed by atoms with E-state index in [1.165, 1.54) is 18.4 Å². The zero-order valence-corrected chi connectivity index (χ0v) is 17.8. The Balaban J connectivity index is 1.74. The Morgan fingerprint density at radius 2 is 1.82 bits per heavy atom. The molecular weight excluding hydrogens is 368 g/mol. The Hall–Kier alpha value is -1.84. The molecule has 4 heteroatoms. The Kier molecular flexibility index (Phi) is 5.24. The van der Waals surface area contributed by atoms with Crippen molar-refractivity contribution in [3.05, 3.63) is 69.7 Å². The molecule has 0 aliphatic carbocycles. The minimum Gasteiger partial charge on any atom is -0.328 e. The number of rotatable bonds is 4. The summed E-state index contributed by atoms with van der Waals surface area (Å²) in [5, 5.41) is 0.666. The first-order chi connectivity index (χ1) is 13.5. The van der Waals surface area contributed by atoms with Crippen LogP contribution in [-0.4, -0.2) is 40.9 Å². The van der Waals surface area contributed by atoms with Crippen LogP contribution >= 0.6 is 11.6 Å². The lowest BCUT2D eigenvalue weighted by atomic mass is 9.75. The molecule has 2 heterocycles. The number of halogens is 1. The van der Waals surface area contributed by atoms with Gasteiger partial charge in [-0.05, 0) is 69.0 Å². The summed E-state index contributed by atoms with van der Waals surface area (Å²) in [5.41, 5.74) is 3.97. The van der Waals surface area contributed by atoms with E-state index in [0.29, 0.717) is 5.02 Å². The van der Waals surface area contributed by atoms with Gasteiger partial charge in [0.2, 0.25) is 0 Å². The third-order valence-corrected chi connectivity index (χ3v) is 7.09. The predicted molar refractivity (Wildman–Crippen MR) is 115 cm³/mol. The van der Waals surface area contributed by atoms with Crippen LogP contribution in [0.1, 0.15) is 59.8 Å². The van der Waals surface area contributed by atoms with Crippen LogP contribution in [0.5, 0.6) is 0 Å². The second kappa shape index (κ2) is 7.53. The lowest BCUT2D eigenvalue weighted by Crippen LogP contribution is -2.70. The first kappa shape index (κ1) is 19.5. The maximum atomic E-state index is 13.7. The van der Waals surface area contributed by atoms with Gasteiger partial charge in [-0.3, -0.25) is 9.69 Å². The van der Waals surface area contributed by atoms with Crippen LogP contribution in [-0.2, 0) is 6.42 Å². The average molecular weight is 397 g/mol. The van der Waals surface area contributed by atoms with Crippen LogP contribution in [0.25, 0.3) is 0 Å². The van der Waals surface area contributed by atoms with E-state index >= 15 is 0 Å². The standard InChI is InChI=1S/C24H29ClN2O/c1-4-18-12-13-20(25)17(2)21(18)23(28)27-16-24(3,26-14-8-9-15-26)22(27)19-10-6-5-7-11-19/h5-7,10-13,22H,4,8-9,14-16H2,1-3H3. The van der Waals surface area contributed by atoms with Crippen LogP contribution in [0.2, 0.25) is 5.02 Å². The SMILES string of the molecule is CCc1ccc(Cl)c(C)c1C(=O)N1CC(C)(N2CCCC2)C1c1ccccc1. The quantitative estimate of drug-likeness (QED) is 0.703. The molecule has 4 rings (SSSR count). The molecule has 2 saturated heterocycles. The van der Waals surface area contributed by atoms with Gasteiger partial charge in [0, 0.05) is 17.1 Å². The van der Waals surface area contributed by atoms with E-state index in [9.17, 15) is 4.79 Å². The van der Waals surface area contributed by atoms with Gasteiger partial charge in [-0.25, -0.2) is 0 Å². The molecule has 2 atom stereocenters. The molecule has 2 aromatic rings. The Labute approximate surface area is 173 Å². The van der Waals surface area contributed by atoms with Crippen molar-refractivity contribution < 1.29 is 4.79 Å². The second-order valence-corrected chi connectivity index (χ2v) is 8.76. The summed E-state index contributed by atoms with van der Waals surface area (Å²) in [7, 11) is 0. The first-order valence-electron chi connectivity index (χ1n) is 10.4. The molecule has 2 aromatic carbocycles. The number of benzene rings is 2. The molecule has 0 N–H and O–H groups in total. The molecule has 1 amide bonds. The third kappa shape index (κ3) is 3.05. The van der Waals surface area contributed by atoms with Gasteiger partial charge < -0.3 is 4.90 Å². The molecule has 2 fully saturated rings. The molecule has 2 aliphatic heterocycles. The van der Waals surface area contributed by atoms with Crippen molar-refractivity contribution in [2.24, 2.45) is 0 Å². The summed E-state index contributed by atoms with van der Waals surface area (Å²) < 4.78 is 0. The third-order valence-electron chi connectivity index (χ3n) is 6.68. The highest BCUT2D eigenvalue weighted by Crippen LogP contribution is 2.48.